The maximum atomic E-state index is 12.5. The van der Waals surface area contributed by atoms with Crippen molar-refractivity contribution in [2.24, 2.45) is 0 Å². The van der Waals surface area contributed by atoms with Crippen LogP contribution in [-0.2, 0) is 6.18 Å². The number of nitrogens with one attached hydrogen (secondary N) is 2. The van der Waals surface area contributed by atoms with Gasteiger partial charge >= 0.3 is 12.1 Å². The highest BCUT2D eigenvalue weighted by Gasteiger charge is 2.36. The average molecular weight is 284 g/mol. The molecule has 2 unspecified atom stereocenters. The fourth-order valence-corrected chi connectivity index (χ4v) is 1.37. The zero-order valence-corrected chi connectivity index (χ0v) is 8.85. The van der Waals surface area contributed by atoms with E-state index < -0.39 is 45.1 Å². The van der Waals surface area contributed by atoms with Crippen molar-refractivity contribution < 1.29 is 43.9 Å². The fourth-order valence-electron chi connectivity index (χ4n) is 1.37. The van der Waals surface area contributed by atoms with E-state index in [1.165, 1.54) is 0 Å². The molecule has 0 aromatic heterocycles. The molecular formula is C8H7F3N2O6. The Hall–Kier alpha value is -1.76. The third-order valence-electron chi connectivity index (χ3n) is 2.14. The molecule has 0 spiro atoms. The number of carboxylic acids is 1. The summed E-state index contributed by atoms with van der Waals surface area (Å²) >= 11 is 0. The number of rotatable bonds is 3. The van der Waals surface area contributed by atoms with Crippen LogP contribution in [0, 0.1) is 10.4 Å². The number of quaternary nitrogens is 2. The van der Waals surface area contributed by atoms with E-state index >= 15 is 0 Å². The second kappa shape index (κ2) is 5.08. The van der Waals surface area contributed by atoms with Crippen LogP contribution in [0.15, 0.2) is 12.1 Å². The van der Waals surface area contributed by atoms with Gasteiger partial charge in [-0.3, -0.25) is 0 Å². The zero-order chi connectivity index (χ0) is 15.0. The summed E-state index contributed by atoms with van der Waals surface area (Å²) in [6.07, 6.45) is -4.99. The molecule has 1 aromatic rings. The topological polar surface area (TPSA) is 133 Å². The van der Waals surface area contributed by atoms with E-state index in [4.69, 9.17) is 15.5 Å². The lowest BCUT2D eigenvalue weighted by atomic mass is 10.1. The summed E-state index contributed by atoms with van der Waals surface area (Å²) in [5.74, 6) is -1.94. The number of hydrogen-bond donors (Lipinski definition) is 5. The highest BCUT2D eigenvalue weighted by Crippen LogP contribution is 2.33. The van der Waals surface area contributed by atoms with Crippen LogP contribution < -0.4 is 10.5 Å². The van der Waals surface area contributed by atoms with Crippen molar-refractivity contribution in [2.45, 2.75) is 6.18 Å². The van der Waals surface area contributed by atoms with E-state index in [1.54, 1.807) is 0 Å². The van der Waals surface area contributed by atoms with Gasteiger partial charge < -0.3 is 15.5 Å². The van der Waals surface area contributed by atoms with Crippen molar-refractivity contribution in [1.82, 2.24) is 0 Å². The molecule has 0 aliphatic heterocycles. The van der Waals surface area contributed by atoms with Crippen molar-refractivity contribution >= 4 is 17.3 Å². The molecule has 0 saturated heterocycles. The quantitative estimate of drug-likeness (QED) is 0.462. The van der Waals surface area contributed by atoms with Crippen molar-refractivity contribution in [2.75, 3.05) is 0 Å². The summed E-state index contributed by atoms with van der Waals surface area (Å²) < 4.78 is 37.4. The first-order chi connectivity index (χ1) is 8.55. The molecule has 1 aromatic carbocycles. The summed E-state index contributed by atoms with van der Waals surface area (Å²) in [6, 6.07) is 0.163. The molecule has 5 N–H and O–H groups in total. The second-order valence-corrected chi connectivity index (χ2v) is 3.36. The van der Waals surface area contributed by atoms with E-state index in [2.05, 4.69) is 0 Å². The van der Waals surface area contributed by atoms with Crippen molar-refractivity contribution in [1.29, 1.82) is 0 Å². The molecule has 19 heavy (non-hydrogen) atoms. The van der Waals surface area contributed by atoms with Gasteiger partial charge in [-0.05, 0) is 0 Å². The van der Waals surface area contributed by atoms with Crippen molar-refractivity contribution in [3.05, 3.63) is 33.7 Å². The smallest absolute Gasteiger partial charge is 0.416 e. The standard InChI is InChI=1S/C8H7F3N2O6/c9-8(10,11)3-1-4(12(16)17)6(7(14)15)5(2-3)13(18)19/h1-2,12-13,16,18H,(H,14,15). The SMILES string of the molecule is O=C(O)c1c([NH+]([O-])O)cc(C(F)(F)F)cc1[NH+]([O-])O. The van der Waals surface area contributed by atoms with E-state index in [-0.39, 0.29) is 12.1 Å². The van der Waals surface area contributed by atoms with Crippen LogP contribution in [-0.4, -0.2) is 21.5 Å². The number of aromatic carboxylic acids is 1. The van der Waals surface area contributed by atoms with Crippen LogP contribution in [0.4, 0.5) is 24.5 Å². The third-order valence-corrected chi connectivity index (χ3v) is 2.14. The molecule has 0 amide bonds. The molecule has 106 valence electrons. The molecule has 0 bridgehead atoms. The molecule has 0 aliphatic carbocycles. The van der Waals surface area contributed by atoms with Gasteiger partial charge in [-0.25, -0.2) is 15.2 Å². The molecule has 0 radical (unpaired) electrons. The number of benzene rings is 1. The van der Waals surface area contributed by atoms with Gasteiger partial charge in [-0.1, -0.05) is 0 Å². The summed E-state index contributed by atoms with van der Waals surface area (Å²) in [5, 5.41) is 43.7. The van der Waals surface area contributed by atoms with Gasteiger partial charge in [0.15, 0.2) is 16.9 Å². The largest absolute Gasteiger partial charge is 0.595 e. The zero-order valence-electron chi connectivity index (χ0n) is 8.85. The van der Waals surface area contributed by atoms with Crippen LogP contribution in [0.3, 0.4) is 0 Å². The Morgan fingerprint density at radius 2 is 1.47 bits per heavy atom. The maximum Gasteiger partial charge on any atom is 0.416 e. The Bertz CT molecular complexity index is 473. The van der Waals surface area contributed by atoms with E-state index in [0.29, 0.717) is 0 Å². The molecule has 0 heterocycles. The van der Waals surface area contributed by atoms with E-state index in [1.807, 2.05) is 0 Å². The summed E-state index contributed by atoms with van der Waals surface area (Å²) in [6.45, 7) is 0. The molecule has 2 atom stereocenters. The minimum Gasteiger partial charge on any atom is -0.595 e. The molecular weight excluding hydrogens is 277 g/mol. The summed E-state index contributed by atoms with van der Waals surface area (Å²) in [7, 11) is 0. The molecule has 8 nitrogen and oxygen atoms in total. The summed E-state index contributed by atoms with van der Waals surface area (Å²) in [4.78, 5) is 10.8. The number of hydrogen-bond acceptors (Lipinski definition) is 5. The molecule has 0 fully saturated rings. The number of halogens is 3. The highest BCUT2D eigenvalue weighted by molar-refractivity contribution is 5.97. The normalized spacial score (nSPS) is 15.1. The Balaban J connectivity index is 3.68. The predicted molar refractivity (Wildman–Crippen MR) is 50.0 cm³/mol. The van der Waals surface area contributed by atoms with Gasteiger partial charge in [-0.15, -0.1) is 0 Å². The average Bonchev–Trinajstić information content (AvgIpc) is 2.25. The summed E-state index contributed by atoms with van der Waals surface area (Å²) in [5.41, 5.74) is -5.22. The lowest BCUT2D eigenvalue weighted by molar-refractivity contribution is -0.996. The first kappa shape index (κ1) is 15.3. The predicted octanol–water partition coefficient (Wildman–Crippen LogP) is -0.790. The van der Waals surface area contributed by atoms with Gasteiger partial charge in [0.25, 0.3) is 0 Å². The first-order valence-electron chi connectivity index (χ1n) is 4.50. The van der Waals surface area contributed by atoms with Gasteiger partial charge in [0.2, 0.25) is 0 Å². The monoisotopic (exact) mass is 284 g/mol. The molecule has 0 saturated carbocycles. The minimum atomic E-state index is -4.99. The van der Waals surface area contributed by atoms with Gasteiger partial charge in [-0.2, -0.15) is 23.6 Å². The van der Waals surface area contributed by atoms with Gasteiger partial charge in [0, 0.05) is 12.1 Å². The third kappa shape index (κ3) is 3.17. The van der Waals surface area contributed by atoms with Crippen molar-refractivity contribution in [3.8, 4) is 0 Å². The van der Waals surface area contributed by atoms with Crippen LogP contribution in [0.25, 0.3) is 0 Å². The van der Waals surface area contributed by atoms with Crippen LogP contribution in [0.5, 0.6) is 0 Å². The van der Waals surface area contributed by atoms with Crippen LogP contribution in [0.2, 0.25) is 0 Å². The maximum absolute atomic E-state index is 12.5. The Labute approximate surface area is 102 Å². The lowest BCUT2D eigenvalue weighted by Gasteiger charge is -2.20. The molecule has 11 heteroatoms. The van der Waals surface area contributed by atoms with Crippen LogP contribution in [0.1, 0.15) is 15.9 Å². The van der Waals surface area contributed by atoms with E-state index in [0.717, 1.165) is 0 Å². The first-order valence-corrected chi connectivity index (χ1v) is 4.50. The van der Waals surface area contributed by atoms with Crippen LogP contribution >= 0.6 is 0 Å². The number of carbonyl (C=O) groups is 1. The van der Waals surface area contributed by atoms with E-state index in [9.17, 15) is 28.4 Å². The Kier molecular flexibility index (Phi) is 4.09. The highest BCUT2D eigenvalue weighted by atomic mass is 19.4. The molecule has 0 aliphatic rings. The number of alkyl halides is 3. The number of carboxylic acid groups (broad SMARTS) is 1. The fraction of sp³-hybridized carbons (Fsp3) is 0.125. The Morgan fingerprint density at radius 1 is 1.11 bits per heavy atom. The lowest BCUT2D eigenvalue weighted by Crippen LogP contribution is -3.01. The molecule has 1 rings (SSSR count). The van der Waals surface area contributed by atoms with Gasteiger partial charge in [0.1, 0.15) is 0 Å². The minimum absolute atomic E-state index is 0.0816. The second-order valence-electron chi connectivity index (χ2n) is 3.36. The Morgan fingerprint density at radius 3 is 1.68 bits per heavy atom. The van der Waals surface area contributed by atoms with Crippen molar-refractivity contribution in [3.63, 3.8) is 0 Å². The van der Waals surface area contributed by atoms with Gasteiger partial charge in [0.05, 0.1) is 5.56 Å².